The molecule has 0 amide bonds. The molecule has 130 valence electrons. The fraction of sp³-hybridized carbons (Fsp3) is 0.250. The molecule has 0 saturated carbocycles. The van der Waals surface area contributed by atoms with E-state index in [1.807, 2.05) is 0 Å². The Labute approximate surface area is 134 Å². The van der Waals surface area contributed by atoms with Gasteiger partial charge in [0, 0.05) is 18.3 Å². The van der Waals surface area contributed by atoms with Gasteiger partial charge in [0.05, 0.1) is 5.56 Å². The maximum absolute atomic E-state index is 12.4. The molecule has 0 aliphatic rings. The molecule has 0 aromatic heterocycles. The summed E-state index contributed by atoms with van der Waals surface area (Å²) < 4.78 is 77.6. The van der Waals surface area contributed by atoms with E-state index in [9.17, 15) is 26.3 Å². The Bertz CT molecular complexity index is 664. The van der Waals surface area contributed by atoms with Gasteiger partial charge < -0.3 is 10.1 Å². The maximum atomic E-state index is 12.4. The van der Waals surface area contributed by atoms with Crippen LogP contribution in [0.5, 0.6) is 5.75 Å². The predicted octanol–water partition coefficient (Wildman–Crippen LogP) is 5.26. The third kappa shape index (κ3) is 5.68. The Balaban J connectivity index is 1.89. The normalized spacial score (nSPS) is 12.1. The third-order valence-electron chi connectivity index (χ3n) is 3.09. The van der Waals surface area contributed by atoms with Gasteiger partial charge in [-0.05, 0) is 36.2 Å². The fourth-order valence-corrected chi connectivity index (χ4v) is 2.01. The number of alkyl halides is 6. The van der Waals surface area contributed by atoms with E-state index in [1.165, 1.54) is 30.3 Å². The Morgan fingerprint density at radius 2 is 1.54 bits per heavy atom. The summed E-state index contributed by atoms with van der Waals surface area (Å²) in [5.74, 6) is -0.345. The topological polar surface area (TPSA) is 21.3 Å². The van der Waals surface area contributed by atoms with Crippen molar-refractivity contribution in [2.45, 2.75) is 19.0 Å². The fourth-order valence-electron chi connectivity index (χ4n) is 2.01. The van der Waals surface area contributed by atoms with Gasteiger partial charge >= 0.3 is 12.5 Å². The monoisotopic (exact) mass is 349 g/mol. The van der Waals surface area contributed by atoms with E-state index in [-0.39, 0.29) is 5.75 Å². The van der Waals surface area contributed by atoms with Crippen LogP contribution in [0.2, 0.25) is 0 Å². The zero-order valence-electron chi connectivity index (χ0n) is 12.2. The van der Waals surface area contributed by atoms with Crippen LogP contribution in [0.25, 0.3) is 0 Å². The van der Waals surface area contributed by atoms with Crippen LogP contribution in [0.15, 0.2) is 48.5 Å². The molecule has 0 spiro atoms. The minimum absolute atomic E-state index is 0.345. The van der Waals surface area contributed by atoms with Crippen LogP contribution in [0, 0.1) is 0 Å². The van der Waals surface area contributed by atoms with Gasteiger partial charge in [-0.3, -0.25) is 0 Å². The van der Waals surface area contributed by atoms with Gasteiger partial charge in [-0.25, -0.2) is 0 Å². The van der Waals surface area contributed by atoms with E-state index >= 15 is 0 Å². The highest BCUT2D eigenvalue weighted by Gasteiger charge is 2.31. The molecule has 2 aromatic carbocycles. The molecule has 1 N–H and O–H groups in total. The minimum Gasteiger partial charge on any atom is -0.406 e. The molecule has 2 nitrogen and oxygen atoms in total. The van der Waals surface area contributed by atoms with Crippen molar-refractivity contribution in [2.24, 2.45) is 0 Å². The second-order valence-electron chi connectivity index (χ2n) is 4.95. The largest absolute Gasteiger partial charge is 0.573 e. The lowest BCUT2D eigenvalue weighted by Gasteiger charge is -2.11. The van der Waals surface area contributed by atoms with Crippen LogP contribution in [0.3, 0.4) is 0 Å². The first-order chi connectivity index (χ1) is 11.1. The Hall–Kier alpha value is -2.38. The summed E-state index contributed by atoms with van der Waals surface area (Å²) in [6, 6.07) is 10.1. The molecule has 0 atom stereocenters. The minimum atomic E-state index is -4.77. The van der Waals surface area contributed by atoms with Crippen LogP contribution in [0.1, 0.15) is 11.1 Å². The highest BCUT2D eigenvalue weighted by atomic mass is 19.4. The third-order valence-corrected chi connectivity index (χ3v) is 3.09. The summed E-state index contributed by atoms with van der Waals surface area (Å²) in [6.07, 6.45) is -8.73. The summed E-state index contributed by atoms with van der Waals surface area (Å²) in [4.78, 5) is 0. The van der Waals surface area contributed by atoms with E-state index in [4.69, 9.17) is 0 Å². The van der Waals surface area contributed by atoms with Crippen molar-refractivity contribution < 1.29 is 31.1 Å². The number of nitrogens with one attached hydrogen (secondary N) is 1. The lowest BCUT2D eigenvalue weighted by molar-refractivity contribution is -0.274. The first kappa shape index (κ1) is 18.0. The molecule has 2 aromatic rings. The number of benzene rings is 2. The number of anilines is 1. The Morgan fingerprint density at radius 1 is 0.875 bits per heavy atom. The molecule has 0 radical (unpaired) electrons. The summed E-state index contributed by atoms with van der Waals surface area (Å²) in [5.41, 5.74) is 0.373. The van der Waals surface area contributed by atoms with Gasteiger partial charge in [-0.15, -0.1) is 13.2 Å². The van der Waals surface area contributed by atoms with Crippen molar-refractivity contribution in [1.82, 2.24) is 0 Å². The summed E-state index contributed by atoms with van der Waals surface area (Å²) in [5, 5.41) is 2.89. The van der Waals surface area contributed by atoms with E-state index in [2.05, 4.69) is 10.1 Å². The number of ether oxygens (including phenoxy) is 1. The van der Waals surface area contributed by atoms with Crippen LogP contribution >= 0.6 is 0 Å². The number of hydrogen-bond acceptors (Lipinski definition) is 2. The highest BCUT2D eigenvalue weighted by molar-refractivity contribution is 5.48. The zero-order chi connectivity index (χ0) is 17.8. The molecule has 8 heteroatoms. The Kier molecular flexibility index (Phi) is 5.26. The highest BCUT2D eigenvalue weighted by Crippen LogP contribution is 2.29. The van der Waals surface area contributed by atoms with Crippen LogP contribution in [-0.2, 0) is 12.6 Å². The number of halogens is 6. The van der Waals surface area contributed by atoms with E-state index in [0.29, 0.717) is 24.2 Å². The quantitative estimate of drug-likeness (QED) is 0.744. The molecule has 0 fully saturated rings. The van der Waals surface area contributed by atoms with Gasteiger partial charge in [-0.1, -0.05) is 18.2 Å². The van der Waals surface area contributed by atoms with Gasteiger partial charge in [0.1, 0.15) is 5.75 Å². The molecular formula is C16H13F6NO. The van der Waals surface area contributed by atoms with Gasteiger partial charge in [0.2, 0.25) is 0 Å². The first-order valence-electron chi connectivity index (χ1n) is 6.89. The predicted molar refractivity (Wildman–Crippen MR) is 76.8 cm³/mol. The molecule has 0 bridgehead atoms. The maximum Gasteiger partial charge on any atom is 0.573 e. The second kappa shape index (κ2) is 7.02. The van der Waals surface area contributed by atoms with Crippen molar-refractivity contribution >= 4 is 5.69 Å². The van der Waals surface area contributed by atoms with Crippen LogP contribution < -0.4 is 10.1 Å². The SMILES string of the molecule is FC(F)(F)Oc1cccc(NCCc2ccc(C(F)(F)F)cc2)c1. The van der Waals surface area contributed by atoms with Crippen molar-refractivity contribution in [1.29, 1.82) is 0 Å². The summed E-state index contributed by atoms with van der Waals surface area (Å²) in [6.45, 7) is 0.348. The average molecular weight is 349 g/mol. The lowest BCUT2D eigenvalue weighted by Crippen LogP contribution is -2.17. The lowest BCUT2D eigenvalue weighted by atomic mass is 10.1. The molecule has 0 aliphatic heterocycles. The van der Waals surface area contributed by atoms with E-state index < -0.39 is 18.1 Å². The average Bonchev–Trinajstić information content (AvgIpc) is 2.45. The number of hydrogen-bond donors (Lipinski definition) is 1. The molecule has 24 heavy (non-hydrogen) atoms. The molecule has 0 aliphatic carbocycles. The van der Waals surface area contributed by atoms with Crippen molar-refractivity contribution in [3.8, 4) is 5.75 Å². The van der Waals surface area contributed by atoms with Crippen LogP contribution in [0.4, 0.5) is 32.0 Å². The number of rotatable bonds is 5. The molecule has 0 heterocycles. The standard InChI is InChI=1S/C16H13F6NO/c17-15(18,19)12-6-4-11(5-7-12)8-9-23-13-2-1-3-14(10-13)24-16(20,21)22/h1-7,10,23H,8-9H2. The van der Waals surface area contributed by atoms with Gasteiger partial charge in [-0.2, -0.15) is 13.2 Å². The van der Waals surface area contributed by atoms with Crippen LogP contribution in [-0.4, -0.2) is 12.9 Å². The molecular weight excluding hydrogens is 336 g/mol. The summed E-state index contributed by atoms with van der Waals surface area (Å²) in [7, 11) is 0. The molecule has 0 saturated heterocycles. The van der Waals surface area contributed by atoms with E-state index in [1.54, 1.807) is 6.07 Å². The van der Waals surface area contributed by atoms with Crippen molar-refractivity contribution in [3.05, 3.63) is 59.7 Å². The molecule has 2 rings (SSSR count). The summed E-state index contributed by atoms with van der Waals surface area (Å²) >= 11 is 0. The molecule has 0 unspecified atom stereocenters. The van der Waals surface area contributed by atoms with Crippen molar-refractivity contribution in [3.63, 3.8) is 0 Å². The zero-order valence-corrected chi connectivity index (χ0v) is 12.2. The Morgan fingerprint density at radius 3 is 2.12 bits per heavy atom. The second-order valence-corrected chi connectivity index (χ2v) is 4.95. The smallest absolute Gasteiger partial charge is 0.406 e. The van der Waals surface area contributed by atoms with E-state index in [0.717, 1.165) is 12.1 Å². The van der Waals surface area contributed by atoms with Crippen molar-refractivity contribution in [2.75, 3.05) is 11.9 Å². The van der Waals surface area contributed by atoms with Gasteiger partial charge in [0.25, 0.3) is 0 Å². The first-order valence-corrected chi connectivity index (χ1v) is 6.89. The van der Waals surface area contributed by atoms with Gasteiger partial charge in [0.15, 0.2) is 0 Å².